The molecule has 1 N–H and O–H groups in total. The smallest absolute Gasteiger partial charge is 0.265 e. The van der Waals surface area contributed by atoms with Gasteiger partial charge in [0, 0.05) is 17.7 Å². The molecule has 22 heavy (non-hydrogen) atoms. The average Bonchev–Trinajstić information content (AvgIpc) is 2.71. The number of sulfonamides is 1. The molecule has 0 saturated carbocycles. The fourth-order valence-corrected chi connectivity index (χ4v) is 4.50. The molecule has 0 aliphatic rings. The van der Waals surface area contributed by atoms with Crippen LogP contribution in [0.25, 0.3) is 0 Å². The van der Waals surface area contributed by atoms with Crippen LogP contribution in [0.4, 0.5) is 5.69 Å². The summed E-state index contributed by atoms with van der Waals surface area (Å²) in [5.74, 6) is 0.712. The summed E-state index contributed by atoms with van der Waals surface area (Å²) in [5.41, 5.74) is 1.67. The van der Waals surface area contributed by atoms with Crippen molar-refractivity contribution in [3.8, 4) is 0 Å². The van der Waals surface area contributed by atoms with Gasteiger partial charge in [0.1, 0.15) is 4.90 Å². The molecule has 0 bridgehead atoms. The Morgan fingerprint density at radius 2 is 2.05 bits per heavy atom. The second kappa shape index (κ2) is 6.58. The number of nitrogens with one attached hydrogen (secondary N) is 1. The van der Waals surface area contributed by atoms with E-state index in [9.17, 15) is 8.42 Å². The highest BCUT2D eigenvalue weighted by atomic mass is 32.2. The monoisotopic (exact) mass is 337 g/mol. The summed E-state index contributed by atoms with van der Waals surface area (Å²) in [6.45, 7) is 7.12. The topological polar surface area (TPSA) is 64.0 Å². The number of aryl methyl sites for hydroxylation is 2. The molecule has 0 aliphatic heterocycles. The lowest BCUT2D eigenvalue weighted by molar-refractivity contribution is 0.599. The number of anilines is 1. The highest BCUT2D eigenvalue weighted by molar-refractivity contribution is 7.99. The SMILES string of the molecule is C=CCSc1ccccc1NS(=O)(=O)c1c(C)nn(C)c1C. The van der Waals surface area contributed by atoms with Crippen LogP contribution in [0.15, 0.2) is 46.7 Å². The fourth-order valence-electron chi connectivity index (χ4n) is 2.16. The van der Waals surface area contributed by atoms with E-state index in [1.807, 2.05) is 12.1 Å². The molecular formula is C15H19N3O2S2. The van der Waals surface area contributed by atoms with Gasteiger partial charge in [-0.1, -0.05) is 18.2 Å². The molecule has 1 aromatic heterocycles. The van der Waals surface area contributed by atoms with Gasteiger partial charge in [-0.15, -0.1) is 18.3 Å². The normalized spacial score (nSPS) is 11.4. The summed E-state index contributed by atoms with van der Waals surface area (Å²) in [4.78, 5) is 1.10. The summed E-state index contributed by atoms with van der Waals surface area (Å²) in [6.07, 6.45) is 1.78. The summed E-state index contributed by atoms with van der Waals surface area (Å²) in [5, 5.41) is 4.17. The predicted octanol–water partition coefficient (Wildman–Crippen LogP) is 3.12. The molecule has 0 saturated heterocycles. The van der Waals surface area contributed by atoms with E-state index in [0.29, 0.717) is 22.8 Å². The van der Waals surface area contributed by atoms with Crippen LogP contribution < -0.4 is 4.72 Å². The molecule has 0 spiro atoms. The quantitative estimate of drug-likeness (QED) is 0.650. The Morgan fingerprint density at radius 1 is 1.36 bits per heavy atom. The number of benzene rings is 1. The summed E-state index contributed by atoms with van der Waals surface area (Å²) < 4.78 is 29.6. The van der Waals surface area contributed by atoms with Crippen molar-refractivity contribution in [1.29, 1.82) is 0 Å². The minimum atomic E-state index is -3.67. The zero-order valence-electron chi connectivity index (χ0n) is 12.8. The van der Waals surface area contributed by atoms with E-state index in [1.165, 1.54) is 11.8 Å². The van der Waals surface area contributed by atoms with Crippen molar-refractivity contribution in [3.05, 3.63) is 48.3 Å². The van der Waals surface area contributed by atoms with E-state index < -0.39 is 10.0 Å². The Kier molecular flexibility index (Phi) is 4.97. The summed E-state index contributed by atoms with van der Waals surface area (Å²) >= 11 is 1.53. The minimum Gasteiger partial charge on any atom is -0.278 e. The molecule has 0 amide bonds. The zero-order valence-corrected chi connectivity index (χ0v) is 14.5. The van der Waals surface area contributed by atoms with Gasteiger partial charge >= 0.3 is 0 Å². The van der Waals surface area contributed by atoms with Crippen LogP contribution in [0.5, 0.6) is 0 Å². The summed E-state index contributed by atoms with van der Waals surface area (Å²) in [7, 11) is -1.94. The molecule has 0 atom stereocenters. The Balaban J connectivity index is 2.39. The lowest BCUT2D eigenvalue weighted by atomic mass is 10.3. The van der Waals surface area contributed by atoms with Crippen LogP contribution in [0.1, 0.15) is 11.4 Å². The molecule has 0 aliphatic carbocycles. The van der Waals surface area contributed by atoms with Crippen LogP contribution in [0.2, 0.25) is 0 Å². The van der Waals surface area contributed by atoms with Gasteiger partial charge in [-0.2, -0.15) is 5.10 Å². The molecule has 2 rings (SSSR count). The maximum absolute atomic E-state index is 12.7. The molecular weight excluding hydrogens is 318 g/mol. The molecule has 0 unspecified atom stereocenters. The van der Waals surface area contributed by atoms with Crippen LogP contribution in [0, 0.1) is 13.8 Å². The third-order valence-electron chi connectivity index (χ3n) is 3.20. The number of nitrogens with zero attached hydrogens (tertiary/aromatic N) is 2. The van der Waals surface area contributed by atoms with Gasteiger partial charge in [-0.3, -0.25) is 9.40 Å². The van der Waals surface area contributed by atoms with Crippen molar-refractivity contribution in [3.63, 3.8) is 0 Å². The third-order valence-corrected chi connectivity index (χ3v) is 5.89. The molecule has 5 nitrogen and oxygen atoms in total. The van der Waals surface area contributed by atoms with Crippen LogP contribution >= 0.6 is 11.8 Å². The van der Waals surface area contributed by atoms with Crippen LogP contribution in [0.3, 0.4) is 0 Å². The first-order valence-corrected chi connectivity index (χ1v) is 9.19. The van der Waals surface area contributed by atoms with Gasteiger partial charge in [0.15, 0.2) is 0 Å². The second-order valence-electron chi connectivity index (χ2n) is 4.82. The zero-order chi connectivity index (χ0) is 16.3. The Bertz CT molecular complexity index is 795. The molecule has 7 heteroatoms. The number of aromatic nitrogens is 2. The Hall–Kier alpha value is -1.73. The fraction of sp³-hybridized carbons (Fsp3) is 0.267. The highest BCUT2D eigenvalue weighted by Crippen LogP contribution is 2.30. The van der Waals surface area contributed by atoms with Crippen molar-refractivity contribution in [2.24, 2.45) is 7.05 Å². The second-order valence-corrected chi connectivity index (χ2v) is 7.51. The number of hydrogen-bond acceptors (Lipinski definition) is 4. The number of para-hydroxylation sites is 1. The molecule has 1 aromatic carbocycles. The van der Waals surface area contributed by atoms with E-state index in [0.717, 1.165) is 4.90 Å². The van der Waals surface area contributed by atoms with E-state index in [2.05, 4.69) is 16.4 Å². The van der Waals surface area contributed by atoms with Gasteiger partial charge in [-0.25, -0.2) is 8.42 Å². The Labute approximate surface area is 135 Å². The van der Waals surface area contributed by atoms with Gasteiger partial charge in [0.25, 0.3) is 10.0 Å². The summed E-state index contributed by atoms with van der Waals surface area (Å²) in [6, 6.07) is 7.32. The number of hydrogen-bond donors (Lipinski definition) is 1. The van der Waals surface area contributed by atoms with Crippen molar-refractivity contribution in [2.75, 3.05) is 10.5 Å². The van der Waals surface area contributed by atoms with Gasteiger partial charge in [-0.05, 0) is 26.0 Å². The van der Waals surface area contributed by atoms with Crippen molar-refractivity contribution < 1.29 is 8.42 Å². The van der Waals surface area contributed by atoms with E-state index in [-0.39, 0.29) is 4.90 Å². The first-order chi connectivity index (χ1) is 10.4. The van der Waals surface area contributed by atoms with Gasteiger partial charge < -0.3 is 0 Å². The first-order valence-electron chi connectivity index (χ1n) is 6.72. The highest BCUT2D eigenvalue weighted by Gasteiger charge is 2.24. The number of rotatable bonds is 6. The average molecular weight is 337 g/mol. The van der Waals surface area contributed by atoms with Crippen molar-refractivity contribution in [2.45, 2.75) is 23.6 Å². The van der Waals surface area contributed by atoms with Crippen LogP contribution in [-0.2, 0) is 17.1 Å². The molecule has 0 radical (unpaired) electrons. The molecule has 0 fully saturated rings. The molecule has 2 aromatic rings. The predicted molar refractivity (Wildman–Crippen MR) is 90.9 cm³/mol. The molecule has 118 valence electrons. The van der Waals surface area contributed by atoms with E-state index >= 15 is 0 Å². The standard InChI is InChI=1S/C15H19N3O2S2/c1-5-10-21-14-9-7-6-8-13(14)17-22(19,20)15-11(2)16-18(4)12(15)3/h5-9,17H,1,10H2,2-4H3. The maximum Gasteiger partial charge on any atom is 0.265 e. The van der Waals surface area contributed by atoms with Crippen molar-refractivity contribution in [1.82, 2.24) is 9.78 Å². The van der Waals surface area contributed by atoms with Crippen molar-refractivity contribution >= 4 is 27.5 Å². The van der Waals surface area contributed by atoms with Gasteiger partial charge in [0.05, 0.1) is 17.1 Å². The Morgan fingerprint density at radius 3 is 2.64 bits per heavy atom. The van der Waals surface area contributed by atoms with Crippen LogP contribution in [-0.4, -0.2) is 24.0 Å². The lowest BCUT2D eigenvalue weighted by Gasteiger charge is -2.12. The maximum atomic E-state index is 12.7. The van der Waals surface area contributed by atoms with E-state index in [1.54, 1.807) is 43.8 Å². The van der Waals surface area contributed by atoms with E-state index in [4.69, 9.17) is 0 Å². The molecule has 1 heterocycles. The van der Waals surface area contributed by atoms with Gasteiger partial charge in [0.2, 0.25) is 0 Å². The number of thioether (sulfide) groups is 1. The largest absolute Gasteiger partial charge is 0.278 e. The third kappa shape index (κ3) is 3.36. The first kappa shape index (κ1) is 16.6. The minimum absolute atomic E-state index is 0.235. The lowest BCUT2D eigenvalue weighted by Crippen LogP contribution is -2.15.